The summed E-state index contributed by atoms with van der Waals surface area (Å²) in [4.78, 5) is 4.59. The lowest BCUT2D eigenvalue weighted by atomic mass is 9.94. The van der Waals surface area contributed by atoms with Gasteiger partial charge in [-0.15, -0.1) is 24.0 Å². The standard InChI is InChI=1S/C14H31N3O2.HI/c1-5-15-14(16-7-9-19-4)17-11-13(6-8-18)10-12(2)3;/h12-13,18H,5-11H2,1-4H3,(H2,15,16,17);1H. The minimum Gasteiger partial charge on any atom is -0.396 e. The zero-order chi connectivity index (χ0) is 14.5. The highest BCUT2D eigenvalue weighted by Crippen LogP contribution is 2.15. The number of rotatable bonds is 10. The second-order valence-electron chi connectivity index (χ2n) is 5.15. The molecule has 1 unspecified atom stereocenters. The molecule has 0 aliphatic carbocycles. The Balaban J connectivity index is 0. The summed E-state index contributed by atoms with van der Waals surface area (Å²) in [6.45, 7) is 9.70. The SMILES string of the molecule is CCNC(=NCC(CCO)CC(C)C)NCCOC.I. The zero-order valence-electron chi connectivity index (χ0n) is 13.3. The van der Waals surface area contributed by atoms with Crippen LogP contribution in [0.1, 0.15) is 33.6 Å². The summed E-state index contributed by atoms with van der Waals surface area (Å²) < 4.78 is 5.01. The molecule has 5 nitrogen and oxygen atoms in total. The van der Waals surface area contributed by atoms with Crippen LogP contribution in [0.3, 0.4) is 0 Å². The van der Waals surface area contributed by atoms with E-state index in [1.54, 1.807) is 7.11 Å². The molecule has 0 aromatic rings. The average molecular weight is 401 g/mol. The van der Waals surface area contributed by atoms with Crippen molar-refractivity contribution in [3.8, 4) is 0 Å². The van der Waals surface area contributed by atoms with Crippen molar-refractivity contribution in [2.24, 2.45) is 16.8 Å². The van der Waals surface area contributed by atoms with Crippen LogP contribution >= 0.6 is 24.0 Å². The third-order valence-electron chi connectivity index (χ3n) is 2.79. The number of nitrogens with zero attached hydrogens (tertiary/aromatic N) is 1. The summed E-state index contributed by atoms with van der Waals surface area (Å²) in [5.74, 6) is 1.91. The Morgan fingerprint density at radius 3 is 2.50 bits per heavy atom. The molecular weight excluding hydrogens is 369 g/mol. The van der Waals surface area contributed by atoms with E-state index in [-0.39, 0.29) is 30.6 Å². The fourth-order valence-electron chi connectivity index (χ4n) is 1.97. The number of hydrogen-bond acceptors (Lipinski definition) is 3. The maximum Gasteiger partial charge on any atom is 0.191 e. The molecule has 1 atom stereocenters. The van der Waals surface area contributed by atoms with Crippen LogP contribution < -0.4 is 10.6 Å². The molecule has 0 aromatic carbocycles. The van der Waals surface area contributed by atoms with Gasteiger partial charge in [-0.2, -0.15) is 0 Å². The normalized spacial score (nSPS) is 13.0. The Morgan fingerprint density at radius 2 is 2.00 bits per heavy atom. The molecule has 0 aliphatic heterocycles. The monoisotopic (exact) mass is 401 g/mol. The van der Waals surface area contributed by atoms with Gasteiger partial charge in [0.25, 0.3) is 0 Å². The summed E-state index contributed by atoms with van der Waals surface area (Å²) in [5, 5.41) is 15.5. The molecule has 122 valence electrons. The molecule has 0 aliphatic rings. The van der Waals surface area contributed by atoms with Gasteiger partial charge in [-0.25, -0.2) is 0 Å². The first-order chi connectivity index (χ1) is 9.13. The summed E-state index contributed by atoms with van der Waals surface area (Å²) in [7, 11) is 1.69. The Kier molecular flexibility index (Phi) is 17.0. The van der Waals surface area contributed by atoms with Crippen LogP contribution in [-0.4, -0.2) is 51.0 Å². The van der Waals surface area contributed by atoms with Crippen molar-refractivity contribution >= 4 is 29.9 Å². The number of aliphatic hydroxyl groups excluding tert-OH is 1. The second-order valence-corrected chi connectivity index (χ2v) is 5.15. The lowest BCUT2D eigenvalue weighted by molar-refractivity contribution is 0.203. The van der Waals surface area contributed by atoms with E-state index in [9.17, 15) is 0 Å². The highest BCUT2D eigenvalue weighted by molar-refractivity contribution is 14.0. The molecule has 20 heavy (non-hydrogen) atoms. The van der Waals surface area contributed by atoms with Crippen molar-refractivity contribution in [1.82, 2.24) is 10.6 Å². The number of nitrogens with one attached hydrogen (secondary N) is 2. The third-order valence-corrected chi connectivity index (χ3v) is 2.79. The fraction of sp³-hybridized carbons (Fsp3) is 0.929. The van der Waals surface area contributed by atoms with E-state index >= 15 is 0 Å². The van der Waals surface area contributed by atoms with E-state index in [2.05, 4.69) is 29.5 Å². The Hall–Kier alpha value is -0.0800. The summed E-state index contributed by atoms with van der Waals surface area (Å²) in [6, 6.07) is 0. The van der Waals surface area contributed by atoms with Gasteiger partial charge in [0.1, 0.15) is 0 Å². The number of halogens is 1. The van der Waals surface area contributed by atoms with E-state index in [1.165, 1.54) is 0 Å². The van der Waals surface area contributed by atoms with Gasteiger partial charge in [-0.05, 0) is 31.6 Å². The van der Waals surface area contributed by atoms with Crippen LogP contribution in [0.25, 0.3) is 0 Å². The molecule has 0 radical (unpaired) electrons. The predicted molar refractivity (Wildman–Crippen MR) is 95.9 cm³/mol. The van der Waals surface area contributed by atoms with Crippen LogP contribution in [0.15, 0.2) is 4.99 Å². The lowest BCUT2D eigenvalue weighted by Gasteiger charge is -2.17. The Bertz CT molecular complexity index is 238. The van der Waals surface area contributed by atoms with Crippen molar-refractivity contribution in [2.75, 3.05) is 40.0 Å². The molecule has 0 saturated heterocycles. The number of guanidine groups is 1. The first-order valence-corrected chi connectivity index (χ1v) is 7.25. The molecule has 0 bridgehead atoms. The van der Waals surface area contributed by atoms with Gasteiger partial charge in [0.2, 0.25) is 0 Å². The molecule has 0 heterocycles. The van der Waals surface area contributed by atoms with Crippen LogP contribution in [0.2, 0.25) is 0 Å². The van der Waals surface area contributed by atoms with E-state index in [4.69, 9.17) is 9.84 Å². The molecule has 0 rings (SSSR count). The topological polar surface area (TPSA) is 65.9 Å². The van der Waals surface area contributed by atoms with Crippen molar-refractivity contribution in [2.45, 2.75) is 33.6 Å². The number of aliphatic hydroxyl groups is 1. The highest BCUT2D eigenvalue weighted by Gasteiger charge is 2.10. The molecular formula is C14H32IN3O2. The molecule has 0 fully saturated rings. The van der Waals surface area contributed by atoms with E-state index in [1.807, 2.05) is 6.92 Å². The third kappa shape index (κ3) is 12.9. The van der Waals surface area contributed by atoms with E-state index < -0.39 is 0 Å². The molecule has 6 heteroatoms. The summed E-state index contributed by atoms with van der Waals surface area (Å²) in [5.41, 5.74) is 0. The molecule has 0 spiro atoms. The van der Waals surface area contributed by atoms with Gasteiger partial charge in [0.15, 0.2) is 5.96 Å². The molecule has 0 amide bonds. The molecule has 3 N–H and O–H groups in total. The first kappa shape index (κ1) is 22.2. The number of methoxy groups -OCH3 is 1. The maximum atomic E-state index is 9.10. The molecule has 0 saturated carbocycles. The smallest absolute Gasteiger partial charge is 0.191 e. The lowest BCUT2D eigenvalue weighted by Crippen LogP contribution is -2.39. The fourth-order valence-corrected chi connectivity index (χ4v) is 1.97. The number of aliphatic imine (C=N–C) groups is 1. The van der Waals surface area contributed by atoms with Crippen molar-refractivity contribution in [3.63, 3.8) is 0 Å². The van der Waals surface area contributed by atoms with Crippen molar-refractivity contribution in [1.29, 1.82) is 0 Å². The quantitative estimate of drug-likeness (QED) is 0.226. The van der Waals surface area contributed by atoms with Gasteiger partial charge < -0.3 is 20.5 Å². The number of ether oxygens (including phenoxy) is 1. The zero-order valence-corrected chi connectivity index (χ0v) is 15.6. The van der Waals surface area contributed by atoms with Gasteiger partial charge in [-0.3, -0.25) is 4.99 Å². The van der Waals surface area contributed by atoms with Crippen molar-refractivity contribution < 1.29 is 9.84 Å². The van der Waals surface area contributed by atoms with Gasteiger partial charge in [-0.1, -0.05) is 13.8 Å². The maximum absolute atomic E-state index is 9.10. The van der Waals surface area contributed by atoms with Crippen molar-refractivity contribution in [3.05, 3.63) is 0 Å². The first-order valence-electron chi connectivity index (χ1n) is 7.25. The molecule has 0 aromatic heterocycles. The summed E-state index contributed by atoms with van der Waals surface area (Å²) >= 11 is 0. The Morgan fingerprint density at radius 1 is 1.30 bits per heavy atom. The van der Waals surface area contributed by atoms with Crippen LogP contribution in [0, 0.1) is 11.8 Å². The number of hydrogen-bond donors (Lipinski definition) is 3. The predicted octanol–water partition coefficient (Wildman–Crippen LogP) is 1.85. The largest absolute Gasteiger partial charge is 0.396 e. The highest BCUT2D eigenvalue weighted by atomic mass is 127. The minimum absolute atomic E-state index is 0. The second kappa shape index (κ2) is 15.3. The summed E-state index contributed by atoms with van der Waals surface area (Å²) in [6.07, 6.45) is 1.92. The van der Waals surface area contributed by atoms with Crippen LogP contribution in [0.4, 0.5) is 0 Å². The van der Waals surface area contributed by atoms with E-state index in [0.717, 1.165) is 38.4 Å². The van der Waals surface area contributed by atoms with Gasteiger partial charge in [0.05, 0.1) is 6.61 Å². The Labute approximate surface area is 141 Å². The van der Waals surface area contributed by atoms with Gasteiger partial charge in [0, 0.05) is 33.4 Å². The average Bonchev–Trinajstić information content (AvgIpc) is 2.35. The van der Waals surface area contributed by atoms with E-state index in [0.29, 0.717) is 18.4 Å². The van der Waals surface area contributed by atoms with Crippen LogP contribution in [-0.2, 0) is 4.74 Å². The van der Waals surface area contributed by atoms with Gasteiger partial charge >= 0.3 is 0 Å². The van der Waals surface area contributed by atoms with Crippen LogP contribution in [0.5, 0.6) is 0 Å². The minimum atomic E-state index is 0.